The molecule has 112 valence electrons. The number of carbonyl (C=O) groups is 1. The highest BCUT2D eigenvalue weighted by Crippen LogP contribution is 2.26. The summed E-state index contributed by atoms with van der Waals surface area (Å²) >= 11 is 1.48. The molecule has 3 rings (SSSR count). The van der Waals surface area contributed by atoms with Crippen molar-refractivity contribution in [2.75, 3.05) is 25.0 Å². The number of aromatic nitrogens is 1. The Hall–Kier alpha value is -1.50. The number of para-hydroxylation sites is 1. The van der Waals surface area contributed by atoms with E-state index < -0.39 is 0 Å². The minimum atomic E-state index is -0.0607. The van der Waals surface area contributed by atoms with Crippen LogP contribution in [0.4, 0.5) is 5.13 Å². The number of rotatable bonds is 6. The summed E-state index contributed by atoms with van der Waals surface area (Å²) in [6.45, 7) is 0.962. The Morgan fingerprint density at radius 3 is 2.90 bits per heavy atom. The molecule has 2 aromatic rings. The summed E-state index contributed by atoms with van der Waals surface area (Å²) in [4.78, 5) is 18.6. The molecule has 6 heteroatoms. The van der Waals surface area contributed by atoms with E-state index in [-0.39, 0.29) is 12.5 Å². The number of carbonyl (C=O) groups excluding carboxylic acids is 1. The number of aliphatic hydroxyl groups excluding tert-OH is 1. The van der Waals surface area contributed by atoms with Crippen molar-refractivity contribution in [1.29, 1.82) is 0 Å². The number of amides is 1. The van der Waals surface area contributed by atoms with Gasteiger partial charge in [0.2, 0.25) is 5.91 Å². The molecule has 2 N–H and O–H groups in total. The lowest BCUT2D eigenvalue weighted by atomic mass is 9.91. The molecule has 1 heterocycles. The zero-order valence-electron chi connectivity index (χ0n) is 11.8. The van der Waals surface area contributed by atoms with Gasteiger partial charge >= 0.3 is 0 Å². The van der Waals surface area contributed by atoms with Gasteiger partial charge in [-0.3, -0.25) is 9.69 Å². The molecule has 21 heavy (non-hydrogen) atoms. The van der Waals surface area contributed by atoms with Gasteiger partial charge in [0.1, 0.15) is 0 Å². The quantitative estimate of drug-likeness (QED) is 0.857. The van der Waals surface area contributed by atoms with Crippen LogP contribution in [0.15, 0.2) is 24.3 Å². The average molecular weight is 305 g/mol. The maximum Gasteiger partial charge on any atom is 0.240 e. The lowest BCUT2D eigenvalue weighted by Gasteiger charge is -2.36. The van der Waals surface area contributed by atoms with Crippen LogP contribution >= 0.6 is 11.3 Å². The van der Waals surface area contributed by atoms with Gasteiger partial charge < -0.3 is 10.4 Å². The number of hydrogen-bond donors (Lipinski definition) is 2. The number of benzene rings is 1. The van der Waals surface area contributed by atoms with E-state index in [1.807, 2.05) is 24.3 Å². The van der Waals surface area contributed by atoms with Gasteiger partial charge in [0, 0.05) is 12.6 Å². The SMILES string of the molecule is O=C(CN(CCO)C1CCC1)Nc1nc2ccccc2s1. The first-order valence-corrected chi connectivity index (χ1v) is 8.08. The van der Waals surface area contributed by atoms with E-state index >= 15 is 0 Å². The first-order valence-electron chi connectivity index (χ1n) is 7.26. The van der Waals surface area contributed by atoms with Crippen molar-refractivity contribution >= 4 is 32.6 Å². The molecule has 1 aliphatic carbocycles. The molecular formula is C15H19N3O2S. The Morgan fingerprint density at radius 2 is 2.24 bits per heavy atom. The lowest BCUT2D eigenvalue weighted by molar-refractivity contribution is -0.118. The van der Waals surface area contributed by atoms with Crippen LogP contribution in [-0.2, 0) is 4.79 Å². The number of nitrogens with zero attached hydrogens (tertiary/aromatic N) is 2. The van der Waals surface area contributed by atoms with E-state index in [2.05, 4.69) is 15.2 Å². The Labute approximate surface area is 127 Å². The maximum atomic E-state index is 12.2. The van der Waals surface area contributed by atoms with Gasteiger partial charge in [-0.1, -0.05) is 29.9 Å². The summed E-state index contributed by atoms with van der Waals surface area (Å²) in [6.07, 6.45) is 3.45. The topological polar surface area (TPSA) is 65.5 Å². The summed E-state index contributed by atoms with van der Waals surface area (Å²) < 4.78 is 1.07. The molecule has 1 saturated carbocycles. The molecule has 1 aromatic heterocycles. The predicted octanol–water partition coefficient (Wildman–Crippen LogP) is 2.08. The largest absolute Gasteiger partial charge is 0.395 e. The Kier molecular flexibility index (Phi) is 4.48. The zero-order valence-corrected chi connectivity index (χ0v) is 12.6. The van der Waals surface area contributed by atoms with Crippen molar-refractivity contribution in [3.05, 3.63) is 24.3 Å². The lowest BCUT2D eigenvalue weighted by Crippen LogP contribution is -2.45. The number of aliphatic hydroxyl groups is 1. The van der Waals surface area contributed by atoms with Gasteiger partial charge in [-0.05, 0) is 25.0 Å². The number of thiazole rings is 1. The Morgan fingerprint density at radius 1 is 1.43 bits per heavy atom. The van der Waals surface area contributed by atoms with Crippen LogP contribution in [0.1, 0.15) is 19.3 Å². The van der Waals surface area contributed by atoms with Crippen LogP contribution in [-0.4, -0.2) is 46.6 Å². The standard InChI is InChI=1S/C15H19N3O2S/c19-9-8-18(11-4-3-5-11)10-14(20)17-15-16-12-6-1-2-7-13(12)21-15/h1-2,6-7,11,19H,3-5,8-10H2,(H,16,17,20). The van der Waals surface area contributed by atoms with E-state index in [0.29, 0.717) is 24.3 Å². The third-order valence-corrected chi connectivity index (χ3v) is 4.82. The van der Waals surface area contributed by atoms with Gasteiger partial charge in [0.05, 0.1) is 23.4 Å². The molecule has 0 radical (unpaired) electrons. The molecule has 1 amide bonds. The van der Waals surface area contributed by atoms with E-state index in [9.17, 15) is 4.79 Å². The zero-order chi connectivity index (χ0) is 14.7. The van der Waals surface area contributed by atoms with Gasteiger partial charge in [-0.25, -0.2) is 4.98 Å². The first-order chi connectivity index (χ1) is 10.3. The third-order valence-electron chi connectivity index (χ3n) is 3.87. The monoisotopic (exact) mass is 305 g/mol. The van der Waals surface area contributed by atoms with Crippen LogP contribution in [0.25, 0.3) is 10.2 Å². The minimum absolute atomic E-state index is 0.0607. The summed E-state index contributed by atoms with van der Waals surface area (Å²) in [5.41, 5.74) is 0.906. The molecule has 1 aromatic carbocycles. The molecule has 0 atom stereocenters. The molecule has 0 spiro atoms. The molecule has 1 fully saturated rings. The second-order valence-corrected chi connectivity index (χ2v) is 6.34. The highest BCUT2D eigenvalue weighted by atomic mass is 32.1. The smallest absolute Gasteiger partial charge is 0.240 e. The number of fused-ring (bicyclic) bond motifs is 1. The van der Waals surface area contributed by atoms with Crippen molar-refractivity contribution < 1.29 is 9.90 Å². The number of anilines is 1. The van der Waals surface area contributed by atoms with E-state index in [4.69, 9.17) is 5.11 Å². The summed E-state index contributed by atoms with van der Waals surface area (Å²) in [7, 11) is 0. The van der Waals surface area contributed by atoms with E-state index in [0.717, 1.165) is 23.1 Å². The third kappa shape index (κ3) is 3.40. The van der Waals surface area contributed by atoms with Crippen molar-refractivity contribution in [3.63, 3.8) is 0 Å². The highest BCUT2D eigenvalue weighted by Gasteiger charge is 2.26. The van der Waals surface area contributed by atoms with Crippen LogP contribution in [0.3, 0.4) is 0 Å². The van der Waals surface area contributed by atoms with Crippen LogP contribution in [0.2, 0.25) is 0 Å². The maximum absolute atomic E-state index is 12.2. The van der Waals surface area contributed by atoms with Crippen molar-refractivity contribution in [3.8, 4) is 0 Å². The molecule has 5 nitrogen and oxygen atoms in total. The van der Waals surface area contributed by atoms with Gasteiger partial charge in [-0.2, -0.15) is 0 Å². The molecule has 0 unspecified atom stereocenters. The molecular weight excluding hydrogens is 286 g/mol. The van der Waals surface area contributed by atoms with Crippen molar-refractivity contribution in [2.45, 2.75) is 25.3 Å². The Bertz CT molecular complexity index is 591. The van der Waals surface area contributed by atoms with Crippen molar-refractivity contribution in [2.24, 2.45) is 0 Å². The summed E-state index contributed by atoms with van der Waals surface area (Å²) in [5, 5.41) is 12.6. The molecule has 0 saturated heterocycles. The fourth-order valence-corrected chi connectivity index (χ4v) is 3.42. The fourth-order valence-electron chi connectivity index (χ4n) is 2.54. The molecule has 0 bridgehead atoms. The summed E-state index contributed by atoms with van der Waals surface area (Å²) in [5.74, 6) is -0.0607. The fraction of sp³-hybridized carbons (Fsp3) is 0.467. The second kappa shape index (κ2) is 6.51. The van der Waals surface area contributed by atoms with Gasteiger partial charge in [-0.15, -0.1) is 0 Å². The van der Waals surface area contributed by atoms with Gasteiger partial charge in [0.25, 0.3) is 0 Å². The number of nitrogens with one attached hydrogen (secondary N) is 1. The molecule has 1 aliphatic rings. The normalized spacial score (nSPS) is 15.3. The van der Waals surface area contributed by atoms with Crippen LogP contribution in [0.5, 0.6) is 0 Å². The minimum Gasteiger partial charge on any atom is -0.395 e. The van der Waals surface area contributed by atoms with E-state index in [1.54, 1.807) is 0 Å². The van der Waals surface area contributed by atoms with Crippen LogP contribution in [0, 0.1) is 0 Å². The van der Waals surface area contributed by atoms with Crippen LogP contribution < -0.4 is 5.32 Å². The summed E-state index contributed by atoms with van der Waals surface area (Å²) in [6, 6.07) is 8.28. The van der Waals surface area contributed by atoms with E-state index in [1.165, 1.54) is 17.8 Å². The highest BCUT2D eigenvalue weighted by molar-refractivity contribution is 7.22. The average Bonchev–Trinajstić information content (AvgIpc) is 2.78. The first kappa shape index (κ1) is 14.4. The predicted molar refractivity (Wildman–Crippen MR) is 84.5 cm³/mol. The van der Waals surface area contributed by atoms with Gasteiger partial charge in [0.15, 0.2) is 5.13 Å². The number of hydrogen-bond acceptors (Lipinski definition) is 5. The molecule has 0 aliphatic heterocycles. The second-order valence-electron chi connectivity index (χ2n) is 5.31. The Balaban J connectivity index is 1.62. The van der Waals surface area contributed by atoms with Crippen molar-refractivity contribution in [1.82, 2.24) is 9.88 Å².